The highest BCUT2D eigenvalue weighted by atomic mass is 19.4. The second-order valence-electron chi connectivity index (χ2n) is 2.85. The lowest BCUT2D eigenvalue weighted by Crippen LogP contribution is -2.20. The molecule has 0 amide bonds. The molecule has 10 heteroatoms. The Morgan fingerprint density at radius 3 is 2.06 bits per heavy atom. The fraction of sp³-hybridized carbons (Fsp3) is 0.125. The van der Waals surface area contributed by atoms with Crippen LogP contribution in [0.25, 0.3) is 0 Å². The summed E-state index contributed by atoms with van der Waals surface area (Å²) in [7, 11) is 0. The monoisotopic (exact) mass is 266 g/mol. The molecule has 1 rings (SSSR count). The molecule has 0 aliphatic rings. The Morgan fingerprint density at radius 2 is 1.78 bits per heavy atom. The molecular formula is C8H9F3N4O3. The van der Waals surface area contributed by atoms with Crippen LogP contribution < -0.4 is 11.1 Å². The molecule has 0 aromatic heterocycles. The summed E-state index contributed by atoms with van der Waals surface area (Å²) in [6, 6.07) is 4.27. The minimum atomic E-state index is -4.34. The molecule has 100 valence electrons. The van der Waals surface area contributed by atoms with Crippen molar-refractivity contribution in [2.45, 2.75) is 6.18 Å². The Balaban J connectivity index is 0.000000631. The SMILES string of the molecule is N=C(N)Nc1ccc(C(F)(F)F)cc1.O=[N+]([O-])O. The maximum atomic E-state index is 12.1. The molecule has 5 N–H and O–H groups in total. The van der Waals surface area contributed by atoms with E-state index in [1.165, 1.54) is 12.1 Å². The average Bonchev–Trinajstić information content (AvgIpc) is 2.14. The summed E-state index contributed by atoms with van der Waals surface area (Å²) in [5.41, 5.74) is 4.62. The smallest absolute Gasteiger partial charge is 0.370 e. The van der Waals surface area contributed by atoms with Gasteiger partial charge in [0.2, 0.25) is 0 Å². The van der Waals surface area contributed by atoms with Gasteiger partial charge in [-0.15, -0.1) is 10.1 Å². The van der Waals surface area contributed by atoms with Gasteiger partial charge in [-0.2, -0.15) is 13.2 Å². The van der Waals surface area contributed by atoms with Crippen molar-refractivity contribution in [2.24, 2.45) is 5.73 Å². The largest absolute Gasteiger partial charge is 0.416 e. The zero-order valence-corrected chi connectivity index (χ0v) is 8.73. The van der Waals surface area contributed by atoms with Crippen LogP contribution in [0.5, 0.6) is 0 Å². The summed E-state index contributed by atoms with van der Waals surface area (Å²) in [6.07, 6.45) is -4.34. The zero-order valence-electron chi connectivity index (χ0n) is 8.73. The van der Waals surface area contributed by atoms with Gasteiger partial charge in [-0.05, 0) is 24.3 Å². The fourth-order valence-corrected chi connectivity index (χ4v) is 0.898. The van der Waals surface area contributed by atoms with E-state index in [4.69, 9.17) is 26.5 Å². The Morgan fingerprint density at radius 1 is 1.39 bits per heavy atom. The van der Waals surface area contributed by atoms with Crippen molar-refractivity contribution < 1.29 is 23.5 Å². The van der Waals surface area contributed by atoms with Crippen LogP contribution in [0.4, 0.5) is 18.9 Å². The van der Waals surface area contributed by atoms with Gasteiger partial charge in [0.15, 0.2) is 5.96 Å². The van der Waals surface area contributed by atoms with Crippen molar-refractivity contribution in [2.75, 3.05) is 5.32 Å². The summed E-state index contributed by atoms with van der Waals surface area (Å²) in [6.45, 7) is 0. The van der Waals surface area contributed by atoms with E-state index in [9.17, 15) is 13.2 Å². The van der Waals surface area contributed by atoms with Gasteiger partial charge in [0.1, 0.15) is 0 Å². The van der Waals surface area contributed by atoms with Gasteiger partial charge in [-0.1, -0.05) is 0 Å². The van der Waals surface area contributed by atoms with Gasteiger partial charge < -0.3 is 16.3 Å². The minimum absolute atomic E-state index is 0.315. The van der Waals surface area contributed by atoms with E-state index in [1.807, 2.05) is 0 Å². The number of benzene rings is 1. The Bertz CT molecular complexity index is 415. The van der Waals surface area contributed by atoms with Crippen molar-refractivity contribution in [1.82, 2.24) is 0 Å². The van der Waals surface area contributed by atoms with E-state index in [1.54, 1.807) is 0 Å². The number of anilines is 1. The summed E-state index contributed by atoms with van der Waals surface area (Å²) < 4.78 is 36.3. The molecule has 18 heavy (non-hydrogen) atoms. The van der Waals surface area contributed by atoms with Gasteiger partial charge >= 0.3 is 6.18 Å². The average molecular weight is 266 g/mol. The molecule has 0 unspecified atom stereocenters. The molecule has 0 aliphatic heterocycles. The Hall–Kier alpha value is -2.52. The maximum Gasteiger partial charge on any atom is 0.416 e. The van der Waals surface area contributed by atoms with Crippen molar-refractivity contribution in [3.8, 4) is 0 Å². The third-order valence-corrected chi connectivity index (χ3v) is 1.49. The number of guanidine groups is 1. The van der Waals surface area contributed by atoms with Gasteiger partial charge in [0.05, 0.1) is 5.56 Å². The second kappa shape index (κ2) is 6.27. The number of halogens is 3. The van der Waals surface area contributed by atoms with Crippen molar-refractivity contribution in [3.05, 3.63) is 39.9 Å². The molecule has 0 fully saturated rings. The van der Waals surface area contributed by atoms with Crippen molar-refractivity contribution >= 4 is 11.6 Å². The van der Waals surface area contributed by atoms with Gasteiger partial charge in [-0.25, -0.2) is 0 Å². The minimum Gasteiger partial charge on any atom is -0.370 e. The number of nitrogens with zero attached hydrogens (tertiary/aromatic N) is 1. The topological polar surface area (TPSA) is 125 Å². The number of nitrogens with one attached hydrogen (secondary N) is 2. The normalized spacial score (nSPS) is 9.94. The summed E-state index contributed by atoms with van der Waals surface area (Å²) in [5, 5.41) is 22.9. The summed E-state index contributed by atoms with van der Waals surface area (Å²) in [5.74, 6) is -0.315. The van der Waals surface area contributed by atoms with Crippen LogP contribution in [0.2, 0.25) is 0 Å². The van der Waals surface area contributed by atoms with Gasteiger partial charge in [0.25, 0.3) is 5.09 Å². The van der Waals surface area contributed by atoms with Crippen LogP contribution in [0.15, 0.2) is 24.3 Å². The molecule has 0 aliphatic carbocycles. The van der Waals surface area contributed by atoms with E-state index in [-0.39, 0.29) is 5.96 Å². The number of hydrogen-bond acceptors (Lipinski definition) is 3. The lowest BCUT2D eigenvalue weighted by molar-refractivity contribution is -0.742. The van der Waals surface area contributed by atoms with E-state index in [0.717, 1.165) is 12.1 Å². The fourth-order valence-electron chi connectivity index (χ4n) is 0.898. The first-order chi connectivity index (χ1) is 8.12. The molecule has 0 spiro atoms. The molecule has 0 radical (unpaired) electrons. The van der Waals surface area contributed by atoms with Gasteiger partial charge in [-0.3, -0.25) is 5.41 Å². The summed E-state index contributed by atoms with van der Waals surface area (Å²) in [4.78, 5) is 8.36. The van der Waals surface area contributed by atoms with E-state index >= 15 is 0 Å². The lowest BCUT2D eigenvalue weighted by Gasteiger charge is -2.07. The predicted molar refractivity (Wildman–Crippen MR) is 55.8 cm³/mol. The van der Waals surface area contributed by atoms with Crippen molar-refractivity contribution in [1.29, 1.82) is 5.41 Å². The third kappa shape index (κ3) is 6.87. The van der Waals surface area contributed by atoms with Crippen LogP contribution in [-0.4, -0.2) is 16.3 Å². The number of rotatable bonds is 1. The first-order valence-corrected chi connectivity index (χ1v) is 4.24. The van der Waals surface area contributed by atoms with Crippen LogP contribution in [0, 0.1) is 15.5 Å². The maximum absolute atomic E-state index is 12.1. The van der Waals surface area contributed by atoms with Crippen LogP contribution in [0.1, 0.15) is 5.56 Å². The quantitative estimate of drug-likeness (QED) is 0.266. The molecule has 0 saturated carbocycles. The number of hydrogen-bond donors (Lipinski definition) is 4. The van der Waals surface area contributed by atoms with E-state index in [0.29, 0.717) is 5.69 Å². The third-order valence-electron chi connectivity index (χ3n) is 1.49. The zero-order chi connectivity index (χ0) is 14.3. The molecule has 0 saturated heterocycles. The highest BCUT2D eigenvalue weighted by Crippen LogP contribution is 2.29. The van der Waals surface area contributed by atoms with E-state index < -0.39 is 16.8 Å². The number of alkyl halides is 3. The predicted octanol–water partition coefficient (Wildman–Crippen LogP) is 1.66. The van der Waals surface area contributed by atoms with Gasteiger partial charge in [0, 0.05) is 5.69 Å². The van der Waals surface area contributed by atoms with E-state index in [2.05, 4.69) is 5.32 Å². The first kappa shape index (κ1) is 15.5. The Kier molecular flexibility index (Phi) is 5.39. The highest BCUT2D eigenvalue weighted by Gasteiger charge is 2.29. The molecule has 0 bridgehead atoms. The standard InChI is InChI=1S/C8H8F3N3.HNO3/c9-8(10,11)5-1-3-6(4-2-5)14-7(12)13;2-1(3)4/h1-4H,(H4,12,13,14);(H,2,3,4). The second-order valence-corrected chi connectivity index (χ2v) is 2.85. The highest BCUT2D eigenvalue weighted by molar-refractivity contribution is 5.89. The molecule has 1 aromatic carbocycles. The molecule has 7 nitrogen and oxygen atoms in total. The number of nitrogens with two attached hydrogens (primary N) is 1. The van der Waals surface area contributed by atoms with Crippen LogP contribution in [0.3, 0.4) is 0 Å². The van der Waals surface area contributed by atoms with Crippen LogP contribution >= 0.6 is 0 Å². The molecule has 0 heterocycles. The van der Waals surface area contributed by atoms with Crippen LogP contribution in [-0.2, 0) is 6.18 Å². The van der Waals surface area contributed by atoms with Crippen molar-refractivity contribution in [3.63, 3.8) is 0 Å². The summed E-state index contributed by atoms with van der Waals surface area (Å²) >= 11 is 0. The Labute approximate surface area is 98.6 Å². The molecular weight excluding hydrogens is 257 g/mol. The lowest BCUT2D eigenvalue weighted by atomic mass is 10.2. The molecule has 0 atom stereocenters. The first-order valence-electron chi connectivity index (χ1n) is 4.24. The molecule has 1 aromatic rings.